The summed E-state index contributed by atoms with van der Waals surface area (Å²) < 4.78 is 27.2. The number of fused-ring (bicyclic) bond motifs is 1. The van der Waals surface area contributed by atoms with Gasteiger partial charge in [0.1, 0.15) is 17.9 Å². The molecule has 3 atom stereocenters. The molecule has 1 fully saturated rings. The van der Waals surface area contributed by atoms with Crippen LogP contribution in [0.15, 0.2) is 35.4 Å². The van der Waals surface area contributed by atoms with Crippen LogP contribution in [0.5, 0.6) is 11.5 Å². The van der Waals surface area contributed by atoms with Crippen molar-refractivity contribution in [2.45, 2.75) is 31.5 Å². The number of halogens is 2. The molecule has 3 aromatic heterocycles. The van der Waals surface area contributed by atoms with Crippen LogP contribution in [0.1, 0.15) is 23.7 Å². The van der Waals surface area contributed by atoms with Gasteiger partial charge in [-0.2, -0.15) is 0 Å². The summed E-state index contributed by atoms with van der Waals surface area (Å²) in [6, 6.07) is 4.86. The molecule has 0 bridgehead atoms. The van der Waals surface area contributed by atoms with Crippen molar-refractivity contribution in [3.8, 4) is 11.5 Å². The smallest absolute Gasteiger partial charge is 0.251 e. The van der Waals surface area contributed by atoms with E-state index in [1.165, 1.54) is 11.6 Å². The number of hydrogen-bond acceptors (Lipinski definition) is 8. The number of aliphatic hydroxyl groups is 1. The average Bonchev–Trinajstić information content (AvgIpc) is 3.21. The van der Waals surface area contributed by atoms with E-state index >= 15 is 0 Å². The number of nitrogens with one attached hydrogen (secondary N) is 1. The SMILES string of the molecule is Cl.O=c1ccc2ncc(F)c3c2n1[C@H](CN1C[C@@H](CNCc2cc4c(cn2)OCCC4)[C@H](O)C1)CO3. The molecule has 9 nitrogen and oxygen atoms in total. The van der Waals surface area contributed by atoms with Crippen molar-refractivity contribution in [2.24, 2.45) is 5.92 Å². The molecule has 0 aromatic carbocycles. The van der Waals surface area contributed by atoms with Crippen LogP contribution in [-0.4, -0.2) is 70.0 Å². The molecule has 0 saturated carbocycles. The Bertz CT molecular complexity index is 1320. The maximum atomic E-state index is 14.3. The van der Waals surface area contributed by atoms with E-state index in [1.807, 2.05) is 0 Å². The standard InChI is InChI=1S/C25H28FN5O4.ClH/c26-19-9-29-20-3-4-23(33)31-18(14-35-25(19)24(20)31)12-30-11-16(21(32)13-30)7-27-8-17-6-15-2-1-5-34-22(15)10-28-17;/h3-4,6,9-10,16,18,21,27,32H,1-2,5,7-8,11-14H2;1H/t16-,18-,21-;/m1./s1. The number of pyridine rings is 3. The fraction of sp³-hybridized carbons (Fsp3) is 0.480. The summed E-state index contributed by atoms with van der Waals surface area (Å²) >= 11 is 0. The number of hydrogen-bond donors (Lipinski definition) is 2. The molecule has 0 unspecified atom stereocenters. The third-order valence-electron chi connectivity index (χ3n) is 7.16. The van der Waals surface area contributed by atoms with E-state index in [2.05, 4.69) is 26.3 Å². The van der Waals surface area contributed by atoms with Gasteiger partial charge in [0.15, 0.2) is 11.6 Å². The minimum absolute atomic E-state index is 0. The second-order valence-corrected chi connectivity index (χ2v) is 9.59. The molecule has 1 saturated heterocycles. The molecule has 36 heavy (non-hydrogen) atoms. The molecule has 0 aliphatic carbocycles. The van der Waals surface area contributed by atoms with Gasteiger partial charge in [-0.1, -0.05) is 0 Å². The van der Waals surface area contributed by atoms with Gasteiger partial charge in [-0.05, 0) is 30.5 Å². The summed E-state index contributed by atoms with van der Waals surface area (Å²) in [7, 11) is 0. The highest BCUT2D eigenvalue weighted by molar-refractivity contribution is 5.85. The van der Waals surface area contributed by atoms with Crippen molar-refractivity contribution < 1.29 is 19.0 Å². The largest absolute Gasteiger partial charge is 0.492 e. The zero-order chi connectivity index (χ0) is 23.9. The van der Waals surface area contributed by atoms with E-state index in [1.54, 1.807) is 16.8 Å². The second-order valence-electron chi connectivity index (χ2n) is 9.59. The number of rotatable bonds is 6. The van der Waals surface area contributed by atoms with E-state index in [4.69, 9.17) is 9.47 Å². The number of likely N-dealkylation sites (tertiary alicyclic amines) is 1. The Morgan fingerprint density at radius 2 is 2.08 bits per heavy atom. The zero-order valence-corrected chi connectivity index (χ0v) is 20.5. The van der Waals surface area contributed by atoms with E-state index in [9.17, 15) is 14.3 Å². The van der Waals surface area contributed by atoms with Gasteiger partial charge in [-0.3, -0.25) is 24.2 Å². The zero-order valence-electron chi connectivity index (χ0n) is 19.7. The molecule has 6 rings (SSSR count). The lowest BCUT2D eigenvalue weighted by molar-refractivity contribution is 0.134. The Morgan fingerprint density at radius 3 is 2.97 bits per heavy atom. The van der Waals surface area contributed by atoms with Crippen LogP contribution in [0.2, 0.25) is 0 Å². The van der Waals surface area contributed by atoms with Gasteiger partial charge in [0.2, 0.25) is 0 Å². The van der Waals surface area contributed by atoms with Crippen molar-refractivity contribution in [1.82, 2.24) is 24.8 Å². The number of aryl methyl sites for hydroxylation is 1. The van der Waals surface area contributed by atoms with Crippen molar-refractivity contribution in [3.63, 3.8) is 0 Å². The number of nitrogens with zero attached hydrogens (tertiary/aromatic N) is 4. The quantitative estimate of drug-likeness (QED) is 0.509. The topological polar surface area (TPSA) is 102 Å². The Morgan fingerprint density at radius 1 is 1.19 bits per heavy atom. The maximum Gasteiger partial charge on any atom is 0.251 e. The average molecular weight is 518 g/mol. The van der Waals surface area contributed by atoms with Crippen LogP contribution < -0.4 is 20.3 Å². The Balaban J connectivity index is 0.00000267. The molecule has 0 amide bonds. The molecule has 3 aromatic rings. The first-order chi connectivity index (χ1) is 17.1. The Labute approximate surface area is 213 Å². The van der Waals surface area contributed by atoms with E-state index < -0.39 is 11.9 Å². The number of aromatic nitrogens is 3. The van der Waals surface area contributed by atoms with Crippen molar-refractivity contribution >= 4 is 23.4 Å². The summed E-state index contributed by atoms with van der Waals surface area (Å²) in [5.41, 5.74) is 2.88. The highest BCUT2D eigenvalue weighted by atomic mass is 35.5. The van der Waals surface area contributed by atoms with Crippen LogP contribution in [-0.2, 0) is 13.0 Å². The third kappa shape index (κ3) is 4.66. The van der Waals surface area contributed by atoms with E-state index in [-0.39, 0.29) is 42.3 Å². The fourth-order valence-corrected chi connectivity index (χ4v) is 5.43. The normalized spacial score (nSPS) is 23.0. The molecule has 3 aliphatic rings. The van der Waals surface area contributed by atoms with Crippen molar-refractivity contribution in [3.05, 3.63) is 58.0 Å². The van der Waals surface area contributed by atoms with Gasteiger partial charge in [-0.25, -0.2) is 4.39 Å². The molecule has 11 heteroatoms. The number of aliphatic hydroxyl groups excluding tert-OH is 1. The molecule has 6 heterocycles. The third-order valence-corrected chi connectivity index (χ3v) is 7.16. The lowest BCUT2D eigenvalue weighted by atomic mass is 10.1. The number of ether oxygens (including phenoxy) is 2. The van der Waals surface area contributed by atoms with Crippen LogP contribution in [0.25, 0.3) is 11.0 Å². The fourth-order valence-electron chi connectivity index (χ4n) is 5.43. The van der Waals surface area contributed by atoms with E-state index in [0.717, 1.165) is 37.1 Å². The highest BCUT2D eigenvalue weighted by Crippen LogP contribution is 2.33. The molecule has 2 N–H and O–H groups in total. The summed E-state index contributed by atoms with van der Waals surface area (Å²) in [4.78, 5) is 23.4. The predicted molar refractivity (Wildman–Crippen MR) is 133 cm³/mol. The van der Waals surface area contributed by atoms with Crippen molar-refractivity contribution in [1.29, 1.82) is 0 Å². The maximum absolute atomic E-state index is 14.3. The highest BCUT2D eigenvalue weighted by Gasteiger charge is 2.34. The van der Waals surface area contributed by atoms with Crippen LogP contribution in [0, 0.1) is 11.7 Å². The number of β-amino-alcohol motifs (C(OH)–C–C–N with tert-alkyl or cyclic N) is 1. The minimum atomic E-state index is -0.570. The summed E-state index contributed by atoms with van der Waals surface area (Å²) in [5.74, 6) is 0.442. The monoisotopic (exact) mass is 517 g/mol. The lowest BCUT2D eigenvalue weighted by Gasteiger charge is -2.30. The molecular weight excluding hydrogens is 489 g/mol. The van der Waals surface area contributed by atoms with E-state index in [0.29, 0.717) is 43.8 Å². The first kappa shape index (κ1) is 24.9. The predicted octanol–water partition coefficient (Wildman–Crippen LogP) is 1.69. The molecule has 0 spiro atoms. The first-order valence-corrected chi connectivity index (χ1v) is 12.1. The summed E-state index contributed by atoms with van der Waals surface area (Å²) in [5, 5.41) is 14.1. The molecule has 3 aliphatic heterocycles. The van der Waals surface area contributed by atoms with Crippen LogP contribution in [0.3, 0.4) is 0 Å². The second kappa shape index (κ2) is 10.3. The molecular formula is C25H29ClFN5O4. The van der Waals surface area contributed by atoms with Gasteiger partial charge in [0.25, 0.3) is 5.56 Å². The summed E-state index contributed by atoms with van der Waals surface area (Å²) in [6.07, 6.45) is 4.48. The van der Waals surface area contributed by atoms with Gasteiger partial charge < -0.3 is 19.9 Å². The Kier molecular flexibility index (Phi) is 7.11. The van der Waals surface area contributed by atoms with Crippen LogP contribution in [0.4, 0.5) is 4.39 Å². The van der Waals surface area contributed by atoms with Gasteiger partial charge in [0.05, 0.1) is 42.4 Å². The summed E-state index contributed by atoms with van der Waals surface area (Å²) in [6.45, 7) is 3.94. The lowest BCUT2D eigenvalue weighted by Crippen LogP contribution is -2.40. The molecule has 192 valence electrons. The van der Waals surface area contributed by atoms with Gasteiger partial charge in [-0.15, -0.1) is 12.4 Å². The van der Waals surface area contributed by atoms with Crippen LogP contribution >= 0.6 is 12.4 Å². The van der Waals surface area contributed by atoms with Gasteiger partial charge >= 0.3 is 0 Å². The Hall–Kier alpha value is -2.79. The van der Waals surface area contributed by atoms with Gasteiger partial charge in [0, 0.05) is 44.7 Å². The first-order valence-electron chi connectivity index (χ1n) is 12.1. The minimum Gasteiger partial charge on any atom is -0.492 e. The molecule has 0 radical (unpaired) electrons. The van der Waals surface area contributed by atoms with Crippen molar-refractivity contribution in [2.75, 3.05) is 39.4 Å².